The van der Waals surface area contributed by atoms with Crippen LogP contribution in [0.3, 0.4) is 0 Å². The number of nitrogens with zero attached hydrogens (tertiary/aromatic N) is 2. The molecule has 1 saturated carbocycles. The van der Waals surface area contributed by atoms with E-state index in [1.807, 2.05) is 6.92 Å². The maximum absolute atomic E-state index is 6.92. The Morgan fingerprint density at radius 2 is 1.85 bits per heavy atom. The van der Waals surface area contributed by atoms with E-state index in [4.69, 9.17) is 13.1 Å². The summed E-state index contributed by atoms with van der Waals surface area (Å²) in [5.41, 5.74) is 0. The summed E-state index contributed by atoms with van der Waals surface area (Å²) in [4.78, 5) is 7.08. The van der Waals surface area contributed by atoms with Crippen LogP contribution in [0.1, 0.15) is 39.0 Å². The van der Waals surface area contributed by atoms with Gasteiger partial charge in [-0.15, -0.1) is 0 Å². The molecule has 0 radical (unpaired) electrons. The van der Waals surface area contributed by atoms with Gasteiger partial charge in [-0.3, -0.25) is 0 Å². The second-order valence-corrected chi connectivity index (χ2v) is 4.02. The molecule has 0 bridgehead atoms. The Hall–Kier alpha value is -1.02. The van der Waals surface area contributed by atoms with Gasteiger partial charge in [0.2, 0.25) is 12.1 Å². The van der Waals surface area contributed by atoms with Crippen LogP contribution in [0.15, 0.2) is 0 Å². The minimum atomic E-state index is 0.175. The lowest BCUT2D eigenvalue weighted by Crippen LogP contribution is -2.18. The van der Waals surface area contributed by atoms with E-state index in [0.29, 0.717) is 5.92 Å². The molecule has 70 valence electrons. The number of hydrogen-bond donors (Lipinski definition) is 0. The minimum absolute atomic E-state index is 0.175. The highest BCUT2D eigenvalue weighted by Gasteiger charge is 2.26. The van der Waals surface area contributed by atoms with Gasteiger partial charge in [-0.1, -0.05) is 0 Å². The van der Waals surface area contributed by atoms with Gasteiger partial charge in [0.15, 0.2) is 0 Å². The first-order chi connectivity index (χ1) is 6.26. The number of rotatable bonds is 2. The summed E-state index contributed by atoms with van der Waals surface area (Å²) < 4.78 is 0. The fraction of sp³-hybridized carbons (Fsp3) is 0.818. The Morgan fingerprint density at radius 1 is 1.23 bits per heavy atom. The molecule has 0 aliphatic heterocycles. The van der Waals surface area contributed by atoms with Crippen molar-refractivity contribution in [1.29, 1.82) is 0 Å². The maximum atomic E-state index is 6.92. The third-order valence-electron chi connectivity index (χ3n) is 2.89. The first kappa shape index (κ1) is 10.1. The molecule has 1 rings (SSSR count). The van der Waals surface area contributed by atoms with Gasteiger partial charge in [0.05, 0.1) is 0 Å². The number of hydrogen-bond acceptors (Lipinski definition) is 0. The molecule has 0 aromatic rings. The molecule has 2 nitrogen and oxygen atoms in total. The third kappa shape index (κ3) is 3.07. The molecule has 1 atom stereocenters. The average Bonchev–Trinajstić information content (AvgIpc) is 2.19. The van der Waals surface area contributed by atoms with E-state index in [2.05, 4.69) is 9.69 Å². The van der Waals surface area contributed by atoms with E-state index in [1.165, 1.54) is 0 Å². The molecule has 0 heterocycles. The Labute approximate surface area is 80.6 Å². The molecule has 1 unspecified atom stereocenters. The molecule has 1 aliphatic carbocycles. The van der Waals surface area contributed by atoms with Crippen LogP contribution in [0.25, 0.3) is 9.69 Å². The molecule has 0 spiro atoms. The zero-order chi connectivity index (χ0) is 9.68. The average molecular weight is 176 g/mol. The lowest BCUT2D eigenvalue weighted by atomic mass is 9.83. The predicted octanol–water partition coefficient (Wildman–Crippen LogP) is 3.16. The maximum Gasteiger partial charge on any atom is 0.223 e. The highest BCUT2D eigenvalue weighted by molar-refractivity contribution is 4.87. The highest BCUT2D eigenvalue weighted by Crippen LogP contribution is 2.29. The third-order valence-corrected chi connectivity index (χ3v) is 2.89. The van der Waals surface area contributed by atoms with Crippen LogP contribution in [-0.4, -0.2) is 12.1 Å². The van der Waals surface area contributed by atoms with Crippen LogP contribution in [-0.2, 0) is 0 Å². The van der Waals surface area contributed by atoms with Crippen LogP contribution >= 0.6 is 0 Å². The summed E-state index contributed by atoms with van der Waals surface area (Å²) in [6.07, 6.45) is 5.46. The van der Waals surface area contributed by atoms with E-state index < -0.39 is 0 Å². The van der Waals surface area contributed by atoms with Crippen LogP contribution in [0.5, 0.6) is 0 Å². The van der Waals surface area contributed by atoms with Crippen molar-refractivity contribution >= 4 is 0 Å². The van der Waals surface area contributed by atoms with Gasteiger partial charge in [0.25, 0.3) is 0 Å². The molecular formula is C11H16N2. The standard InChI is InChI=1S/C11H16N2/c1-9(12-2)8-10-4-6-11(13-3)7-5-10/h9-11H,4-8H2,1H3/t9?,10-,11+. The van der Waals surface area contributed by atoms with Gasteiger partial charge < -0.3 is 9.69 Å². The lowest BCUT2D eigenvalue weighted by Gasteiger charge is -2.21. The zero-order valence-corrected chi connectivity index (χ0v) is 8.16. The van der Waals surface area contributed by atoms with E-state index in [9.17, 15) is 0 Å². The van der Waals surface area contributed by atoms with Crippen molar-refractivity contribution in [1.82, 2.24) is 0 Å². The minimum Gasteiger partial charge on any atom is -0.314 e. The molecular weight excluding hydrogens is 160 g/mol. The van der Waals surface area contributed by atoms with Crippen molar-refractivity contribution in [3.63, 3.8) is 0 Å². The molecule has 0 aromatic heterocycles. The molecule has 1 aliphatic rings. The van der Waals surface area contributed by atoms with Crippen molar-refractivity contribution in [2.45, 2.75) is 51.1 Å². The van der Waals surface area contributed by atoms with Crippen LogP contribution in [0.2, 0.25) is 0 Å². The Balaban J connectivity index is 2.27. The molecule has 0 N–H and O–H groups in total. The Morgan fingerprint density at radius 3 is 2.31 bits per heavy atom. The molecule has 0 aromatic carbocycles. The van der Waals surface area contributed by atoms with Crippen molar-refractivity contribution in [3.05, 3.63) is 22.8 Å². The molecule has 0 amide bonds. The smallest absolute Gasteiger partial charge is 0.223 e. The Bertz CT molecular complexity index is 225. The van der Waals surface area contributed by atoms with Crippen LogP contribution in [0, 0.1) is 19.1 Å². The van der Waals surface area contributed by atoms with Crippen LogP contribution < -0.4 is 0 Å². The quantitative estimate of drug-likeness (QED) is 0.571. The van der Waals surface area contributed by atoms with Crippen LogP contribution in [0.4, 0.5) is 0 Å². The summed E-state index contributed by atoms with van der Waals surface area (Å²) in [6.45, 7) is 15.8. The van der Waals surface area contributed by atoms with Gasteiger partial charge in [-0.2, -0.15) is 0 Å². The Kier molecular flexibility index (Phi) is 3.77. The summed E-state index contributed by atoms with van der Waals surface area (Å²) in [7, 11) is 0. The van der Waals surface area contributed by atoms with Gasteiger partial charge in [-0.05, 0) is 18.8 Å². The molecule has 2 heteroatoms. The van der Waals surface area contributed by atoms with Gasteiger partial charge in [0, 0.05) is 26.2 Å². The summed E-state index contributed by atoms with van der Waals surface area (Å²) in [6, 6.07) is 0.453. The fourth-order valence-corrected chi connectivity index (χ4v) is 2.04. The SMILES string of the molecule is [C-]#[N+]C(C)C[C@H]1CC[C@@H]([N+]#[C-])CC1. The van der Waals surface area contributed by atoms with Crippen molar-refractivity contribution < 1.29 is 0 Å². The fourth-order valence-electron chi connectivity index (χ4n) is 2.04. The summed E-state index contributed by atoms with van der Waals surface area (Å²) >= 11 is 0. The topological polar surface area (TPSA) is 8.72 Å². The van der Waals surface area contributed by atoms with E-state index >= 15 is 0 Å². The van der Waals surface area contributed by atoms with Gasteiger partial charge in [-0.25, -0.2) is 13.1 Å². The zero-order valence-electron chi connectivity index (χ0n) is 8.16. The van der Waals surface area contributed by atoms with Gasteiger partial charge in [0.1, 0.15) is 0 Å². The van der Waals surface area contributed by atoms with Gasteiger partial charge >= 0.3 is 0 Å². The van der Waals surface area contributed by atoms with E-state index in [1.54, 1.807) is 0 Å². The molecule has 0 saturated heterocycles. The summed E-state index contributed by atoms with van der Waals surface area (Å²) in [5, 5.41) is 0. The second-order valence-electron chi connectivity index (χ2n) is 4.02. The first-order valence-corrected chi connectivity index (χ1v) is 4.99. The molecule has 1 fully saturated rings. The van der Waals surface area contributed by atoms with Crippen molar-refractivity contribution in [2.75, 3.05) is 0 Å². The molecule has 13 heavy (non-hydrogen) atoms. The second kappa shape index (κ2) is 4.87. The monoisotopic (exact) mass is 176 g/mol. The van der Waals surface area contributed by atoms with E-state index in [-0.39, 0.29) is 12.1 Å². The first-order valence-electron chi connectivity index (χ1n) is 4.99. The lowest BCUT2D eigenvalue weighted by molar-refractivity contribution is 0.322. The summed E-state index contributed by atoms with van der Waals surface area (Å²) in [5.74, 6) is 0.710. The predicted molar refractivity (Wildman–Crippen MR) is 53.0 cm³/mol. The van der Waals surface area contributed by atoms with E-state index in [0.717, 1.165) is 32.1 Å². The normalized spacial score (nSPS) is 30.1. The largest absolute Gasteiger partial charge is 0.314 e. The van der Waals surface area contributed by atoms with Crippen molar-refractivity contribution in [3.8, 4) is 0 Å². The van der Waals surface area contributed by atoms with Crippen molar-refractivity contribution in [2.24, 2.45) is 5.92 Å². The highest BCUT2D eigenvalue weighted by atomic mass is 14.7.